The number of hydrogen-bond acceptors (Lipinski definition) is 3. The Morgan fingerprint density at radius 1 is 1.55 bits per heavy atom. The van der Waals surface area contributed by atoms with Crippen LogP contribution < -0.4 is 0 Å². The number of aromatic nitrogens is 1. The third kappa shape index (κ3) is 2.39. The summed E-state index contributed by atoms with van der Waals surface area (Å²) in [6, 6.07) is 3.53. The number of hydrogen-bond donors (Lipinski definition) is 2. The van der Waals surface area contributed by atoms with Crippen molar-refractivity contribution in [1.82, 2.24) is 4.98 Å². The van der Waals surface area contributed by atoms with E-state index >= 15 is 0 Å². The van der Waals surface area contributed by atoms with E-state index in [0.717, 1.165) is 3.70 Å². The summed E-state index contributed by atoms with van der Waals surface area (Å²) in [6.45, 7) is -0.262. The Morgan fingerprint density at radius 2 is 2.27 bits per heavy atom. The molecule has 1 atom stereocenters. The van der Waals surface area contributed by atoms with Gasteiger partial charge in [-0.2, -0.15) is 0 Å². The lowest BCUT2D eigenvalue weighted by Gasteiger charge is -2.05. The Balaban J connectivity index is 2.81. The fraction of sp³-hybridized carbons (Fsp3) is 0.286. The van der Waals surface area contributed by atoms with Crippen LogP contribution >= 0.6 is 22.6 Å². The third-order valence-electron chi connectivity index (χ3n) is 1.31. The second-order valence-electron chi connectivity index (χ2n) is 2.11. The van der Waals surface area contributed by atoms with Crippen LogP contribution in [-0.2, 0) is 0 Å². The summed E-state index contributed by atoms with van der Waals surface area (Å²) in [6.07, 6.45) is 0.752. The average Bonchev–Trinajstić information content (AvgIpc) is 2.05. The first-order valence-corrected chi connectivity index (χ1v) is 4.22. The first-order chi connectivity index (χ1) is 5.24. The van der Waals surface area contributed by atoms with Crippen LogP contribution in [0.5, 0.6) is 0 Å². The standard InChI is InChI=1S/C7H8INO2/c8-7-2-1-5(3-9-7)6(11)4-10/h1-3,6,10-11H,4H2. The van der Waals surface area contributed by atoms with Gasteiger partial charge in [0.25, 0.3) is 0 Å². The van der Waals surface area contributed by atoms with E-state index in [2.05, 4.69) is 27.6 Å². The fourth-order valence-electron chi connectivity index (χ4n) is 0.690. The van der Waals surface area contributed by atoms with Crippen molar-refractivity contribution in [2.24, 2.45) is 0 Å². The highest BCUT2D eigenvalue weighted by Crippen LogP contribution is 2.11. The predicted molar refractivity (Wildman–Crippen MR) is 49.0 cm³/mol. The van der Waals surface area contributed by atoms with Gasteiger partial charge in [-0.25, -0.2) is 4.98 Å². The van der Waals surface area contributed by atoms with Crippen molar-refractivity contribution >= 4 is 22.6 Å². The predicted octanol–water partition coefficient (Wildman–Crippen LogP) is 0.712. The molecule has 0 aliphatic heterocycles. The molecule has 1 aromatic heterocycles. The van der Waals surface area contributed by atoms with Crippen LogP contribution in [0.3, 0.4) is 0 Å². The Bertz CT molecular complexity index is 224. The molecule has 0 saturated heterocycles. The van der Waals surface area contributed by atoms with Crippen molar-refractivity contribution in [3.63, 3.8) is 0 Å². The zero-order valence-corrected chi connectivity index (χ0v) is 7.89. The summed E-state index contributed by atoms with van der Waals surface area (Å²) < 4.78 is 0.872. The van der Waals surface area contributed by atoms with Gasteiger partial charge in [0.1, 0.15) is 9.80 Å². The minimum Gasteiger partial charge on any atom is -0.393 e. The molecule has 0 aliphatic carbocycles. The zero-order valence-electron chi connectivity index (χ0n) is 5.74. The number of rotatable bonds is 2. The van der Waals surface area contributed by atoms with Crippen LogP contribution in [0.25, 0.3) is 0 Å². The molecule has 0 radical (unpaired) electrons. The molecule has 2 N–H and O–H groups in total. The molecule has 0 fully saturated rings. The largest absolute Gasteiger partial charge is 0.393 e. The average molecular weight is 265 g/mol. The summed E-state index contributed by atoms with van der Waals surface area (Å²) in [5, 5.41) is 17.7. The van der Waals surface area contributed by atoms with Crippen molar-refractivity contribution in [2.75, 3.05) is 6.61 Å². The lowest BCUT2D eigenvalue weighted by Crippen LogP contribution is -2.02. The molecule has 0 saturated carbocycles. The summed E-state index contributed by atoms with van der Waals surface area (Å²) in [7, 11) is 0. The van der Waals surface area contributed by atoms with Crippen LogP contribution in [0.4, 0.5) is 0 Å². The molecule has 0 amide bonds. The minimum atomic E-state index is -0.806. The third-order valence-corrected chi connectivity index (χ3v) is 1.95. The van der Waals surface area contributed by atoms with Gasteiger partial charge in [0, 0.05) is 11.8 Å². The molecule has 4 heteroatoms. The summed E-state index contributed by atoms with van der Waals surface area (Å²) >= 11 is 2.08. The molecule has 0 aromatic carbocycles. The van der Waals surface area contributed by atoms with Gasteiger partial charge in [-0.05, 0) is 28.7 Å². The topological polar surface area (TPSA) is 53.4 Å². The maximum absolute atomic E-state index is 9.13. The molecule has 1 unspecified atom stereocenters. The van der Waals surface area contributed by atoms with E-state index in [1.54, 1.807) is 18.3 Å². The molecule has 1 aromatic rings. The highest BCUT2D eigenvalue weighted by atomic mass is 127. The zero-order chi connectivity index (χ0) is 8.27. The summed E-state index contributed by atoms with van der Waals surface area (Å²) in [5.41, 5.74) is 0.646. The van der Waals surface area contributed by atoms with Crippen LogP contribution in [0, 0.1) is 3.70 Å². The number of aliphatic hydroxyl groups is 2. The van der Waals surface area contributed by atoms with E-state index in [1.807, 2.05) is 0 Å². The van der Waals surface area contributed by atoms with Crippen LogP contribution in [-0.4, -0.2) is 21.8 Å². The maximum Gasteiger partial charge on any atom is 0.104 e. The second-order valence-corrected chi connectivity index (χ2v) is 3.22. The molecule has 3 nitrogen and oxygen atoms in total. The van der Waals surface area contributed by atoms with Gasteiger partial charge in [0.15, 0.2) is 0 Å². The smallest absolute Gasteiger partial charge is 0.104 e. The lowest BCUT2D eigenvalue weighted by molar-refractivity contribution is 0.0953. The van der Waals surface area contributed by atoms with Gasteiger partial charge in [0.05, 0.1) is 6.61 Å². The first kappa shape index (κ1) is 8.89. The van der Waals surface area contributed by atoms with Crippen LogP contribution in [0.1, 0.15) is 11.7 Å². The molecule has 11 heavy (non-hydrogen) atoms. The second kappa shape index (κ2) is 3.99. The van der Waals surface area contributed by atoms with Crippen LogP contribution in [0.15, 0.2) is 18.3 Å². The molecule has 0 aliphatic rings. The van der Waals surface area contributed by atoms with Gasteiger partial charge in [0.2, 0.25) is 0 Å². The van der Waals surface area contributed by atoms with Gasteiger partial charge >= 0.3 is 0 Å². The Labute approximate surface area is 78.2 Å². The fourth-order valence-corrected chi connectivity index (χ4v) is 1.01. The lowest BCUT2D eigenvalue weighted by atomic mass is 10.2. The molecule has 1 heterocycles. The highest BCUT2D eigenvalue weighted by Gasteiger charge is 2.04. The van der Waals surface area contributed by atoms with Crippen molar-refractivity contribution in [3.05, 3.63) is 27.6 Å². The summed E-state index contributed by atoms with van der Waals surface area (Å²) in [5.74, 6) is 0. The molecule has 60 valence electrons. The van der Waals surface area contributed by atoms with E-state index < -0.39 is 6.10 Å². The van der Waals surface area contributed by atoms with Crippen molar-refractivity contribution in [3.8, 4) is 0 Å². The van der Waals surface area contributed by atoms with Crippen molar-refractivity contribution < 1.29 is 10.2 Å². The van der Waals surface area contributed by atoms with Crippen molar-refractivity contribution in [2.45, 2.75) is 6.10 Å². The molecule has 1 rings (SSSR count). The molecule has 0 spiro atoms. The highest BCUT2D eigenvalue weighted by molar-refractivity contribution is 14.1. The number of nitrogens with zero attached hydrogens (tertiary/aromatic N) is 1. The van der Waals surface area contributed by atoms with Crippen molar-refractivity contribution in [1.29, 1.82) is 0 Å². The molecular weight excluding hydrogens is 257 g/mol. The van der Waals surface area contributed by atoms with Gasteiger partial charge in [-0.3, -0.25) is 0 Å². The number of halogens is 1. The normalized spacial score (nSPS) is 13.0. The van der Waals surface area contributed by atoms with Gasteiger partial charge in [-0.1, -0.05) is 6.07 Å². The van der Waals surface area contributed by atoms with E-state index in [9.17, 15) is 0 Å². The Kier molecular flexibility index (Phi) is 3.22. The minimum absolute atomic E-state index is 0.262. The quantitative estimate of drug-likeness (QED) is 0.611. The molecular formula is C7H8INO2. The van der Waals surface area contributed by atoms with E-state index in [-0.39, 0.29) is 6.61 Å². The van der Waals surface area contributed by atoms with Crippen LogP contribution in [0.2, 0.25) is 0 Å². The van der Waals surface area contributed by atoms with E-state index in [0.29, 0.717) is 5.56 Å². The first-order valence-electron chi connectivity index (χ1n) is 3.14. The van der Waals surface area contributed by atoms with Gasteiger partial charge < -0.3 is 10.2 Å². The monoisotopic (exact) mass is 265 g/mol. The Morgan fingerprint density at radius 3 is 2.73 bits per heavy atom. The molecule has 0 bridgehead atoms. The van der Waals surface area contributed by atoms with E-state index in [4.69, 9.17) is 10.2 Å². The number of aliphatic hydroxyl groups excluding tert-OH is 2. The maximum atomic E-state index is 9.13. The van der Waals surface area contributed by atoms with Gasteiger partial charge in [-0.15, -0.1) is 0 Å². The Hall–Kier alpha value is -0.200. The van der Waals surface area contributed by atoms with E-state index in [1.165, 1.54) is 0 Å². The summed E-state index contributed by atoms with van der Waals surface area (Å²) in [4.78, 5) is 3.96. The number of pyridine rings is 1. The SMILES string of the molecule is OCC(O)c1ccc(I)nc1.